The van der Waals surface area contributed by atoms with E-state index >= 15 is 0 Å². The number of piperidine rings is 1. The van der Waals surface area contributed by atoms with Gasteiger partial charge < -0.3 is 10.2 Å². The highest BCUT2D eigenvalue weighted by atomic mass is 32.2. The molecule has 0 atom stereocenters. The summed E-state index contributed by atoms with van der Waals surface area (Å²) in [5.74, 6) is 0.612. The number of anilines is 1. The molecule has 29 heavy (non-hydrogen) atoms. The topological polar surface area (TPSA) is 49.4 Å². The van der Waals surface area contributed by atoms with E-state index in [1.54, 1.807) is 11.8 Å². The highest BCUT2D eigenvalue weighted by Gasteiger charge is 2.27. The van der Waals surface area contributed by atoms with Crippen LogP contribution in [-0.2, 0) is 15.0 Å². The second kappa shape index (κ2) is 9.49. The minimum Gasteiger partial charge on any atom is -0.342 e. The highest BCUT2D eigenvalue weighted by molar-refractivity contribution is 8.00. The Morgan fingerprint density at radius 2 is 1.62 bits per heavy atom. The number of hydrogen-bond acceptors (Lipinski definition) is 3. The van der Waals surface area contributed by atoms with Crippen LogP contribution in [0.1, 0.15) is 39.2 Å². The molecule has 0 saturated carbocycles. The summed E-state index contributed by atoms with van der Waals surface area (Å²) >= 11 is 1.58. The monoisotopic (exact) mass is 410 g/mol. The number of hydrogen-bond donors (Lipinski definition) is 1. The molecule has 1 N–H and O–H groups in total. The van der Waals surface area contributed by atoms with Crippen molar-refractivity contribution in [1.82, 2.24) is 4.90 Å². The molecular formula is C24H30N2O2S. The van der Waals surface area contributed by atoms with Crippen LogP contribution in [-0.4, -0.2) is 35.6 Å². The fourth-order valence-corrected chi connectivity index (χ4v) is 4.25. The van der Waals surface area contributed by atoms with Crippen molar-refractivity contribution in [3.05, 3.63) is 60.2 Å². The Labute approximate surface area is 178 Å². The lowest BCUT2D eigenvalue weighted by molar-refractivity contribution is -0.132. The second-order valence-corrected chi connectivity index (χ2v) is 9.62. The van der Waals surface area contributed by atoms with E-state index in [2.05, 4.69) is 50.4 Å². The Kier molecular flexibility index (Phi) is 7.01. The number of carbonyl (C=O) groups excluding carboxylic acids is 2. The van der Waals surface area contributed by atoms with Gasteiger partial charge in [0.15, 0.2) is 0 Å². The van der Waals surface area contributed by atoms with Crippen molar-refractivity contribution >= 4 is 29.3 Å². The van der Waals surface area contributed by atoms with Crippen LogP contribution in [0, 0.1) is 5.92 Å². The summed E-state index contributed by atoms with van der Waals surface area (Å²) < 4.78 is 0. The fourth-order valence-electron chi connectivity index (χ4n) is 3.44. The summed E-state index contributed by atoms with van der Waals surface area (Å²) in [5.41, 5.74) is 2.25. The van der Waals surface area contributed by atoms with Crippen LogP contribution in [0.25, 0.3) is 0 Å². The fraction of sp³-hybridized carbons (Fsp3) is 0.417. The molecule has 2 aromatic carbocycles. The molecule has 0 radical (unpaired) electrons. The first-order valence-electron chi connectivity index (χ1n) is 10.2. The van der Waals surface area contributed by atoms with Crippen molar-refractivity contribution in [2.75, 3.05) is 24.2 Å². The van der Waals surface area contributed by atoms with Gasteiger partial charge in [-0.15, -0.1) is 11.8 Å². The van der Waals surface area contributed by atoms with Crippen molar-refractivity contribution < 1.29 is 9.59 Å². The normalized spacial score (nSPS) is 15.2. The molecule has 1 aliphatic rings. The van der Waals surface area contributed by atoms with E-state index in [-0.39, 0.29) is 23.1 Å². The quantitative estimate of drug-likeness (QED) is 0.709. The number of nitrogens with one attached hydrogen (secondary N) is 1. The maximum atomic E-state index is 12.6. The molecule has 1 heterocycles. The van der Waals surface area contributed by atoms with E-state index in [9.17, 15) is 9.59 Å². The van der Waals surface area contributed by atoms with Gasteiger partial charge in [-0.1, -0.05) is 51.1 Å². The smallest absolute Gasteiger partial charge is 0.232 e. The van der Waals surface area contributed by atoms with Gasteiger partial charge in [0.1, 0.15) is 0 Å². The van der Waals surface area contributed by atoms with E-state index in [0.717, 1.165) is 23.4 Å². The zero-order valence-electron chi connectivity index (χ0n) is 17.5. The molecule has 0 aromatic heterocycles. The highest BCUT2D eigenvalue weighted by Crippen LogP contribution is 2.26. The Balaban J connectivity index is 1.43. The molecule has 1 fully saturated rings. The van der Waals surface area contributed by atoms with Gasteiger partial charge in [-0.25, -0.2) is 0 Å². The molecule has 0 bridgehead atoms. The number of rotatable bonds is 5. The Bertz CT molecular complexity index is 820. The molecule has 0 aliphatic carbocycles. The van der Waals surface area contributed by atoms with Crippen LogP contribution in [0.2, 0.25) is 0 Å². The number of nitrogens with zero attached hydrogens (tertiary/aromatic N) is 1. The van der Waals surface area contributed by atoms with Gasteiger partial charge in [0.05, 0.1) is 5.75 Å². The van der Waals surface area contributed by atoms with E-state index in [0.29, 0.717) is 18.8 Å². The summed E-state index contributed by atoms with van der Waals surface area (Å²) in [6, 6.07) is 18.0. The van der Waals surface area contributed by atoms with Gasteiger partial charge in [0.25, 0.3) is 0 Å². The van der Waals surface area contributed by atoms with Gasteiger partial charge >= 0.3 is 0 Å². The third-order valence-corrected chi connectivity index (χ3v) is 6.34. The molecular weight excluding hydrogens is 380 g/mol. The molecule has 1 aliphatic heterocycles. The van der Waals surface area contributed by atoms with Crippen molar-refractivity contribution in [3.63, 3.8) is 0 Å². The minimum absolute atomic E-state index is 0.0307. The lowest BCUT2D eigenvalue weighted by atomic mass is 9.87. The Morgan fingerprint density at radius 3 is 2.21 bits per heavy atom. The maximum Gasteiger partial charge on any atom is 0.232 e. The van der Waals surface area contributed by atoms with Crippen LogP contribution in [0.4, 0.5) is 5.69 Å². The van der Waals surface area contributed by atoms with Crippen LogP contribution >= 0.6 is 11.8 Å². The molecule has 3 rings (SSSR count). The van der Waals surface area contributed by atoms with Crippen LogP contribution < -0.4 is 5.32 Å². The van der Waals surface area contributed by atoms with Crippen LogP contribution in [0.3, 0.4) is 0 Å². The molecule has 4 nitrogen and oxygen atoms in total. The summed E-state index contributed by atoms with van der Waals surface area (Å²) in [7, 11) is 0. The number of likely N-dealkylation sites (tertiary alicyclic amines) is 1. The van der Waals surface area contributed by atoms with Gasteiger partial charge in [0.2, 0.25) is 11.8 Å². The predicted octanol–water partition coefficient (Wildman–Crippen LogP) is 4.95. The summed E-state index contributed by atoms with van der Waals surface area (Å²) in [6.45, 7) is 7.89. The lowest BCUT2D eigenvalue weighted by Gasteiger charge is -2.31. The summed E-state index contributed by atoms with van der Waals surface area (Å²) in [4.78, 5) is 28.0. The van der Waals surface area contributed by atoms with E-state index in [1.807, 2.05) is 35.2 Å². The standard InChI is InChI=1S/C24H30N2O2S/c1-24(2,3)19-9-11-21(12-10-19)29-17-22(27)26-15-13-18(14-16-26)23(28)25-20-7-5-4-6-8-20/h4-12,18H,13-17H2,1-3H3,(H,25,28). The number of para-hydroxylation sites is 1. The number of amides is 2. The first kappa shape index (κ1) is 21.4. The third kappa shape index (κ3) is 6.10. The van der Waals surface area contributed by atoms with Crippen LogP contribution in [0.5, 0.6) is 0 Å². The molecule has 2 amide bonds. The Morgan fingerprint density at radius 1 is 1.00 bits per heavy atom. The summed E-state index contributed by atoms with van der Waals surface area (Å²) in [6.07, 6.45) is 1.44. The predicted molar refractivity (Wildman–Crippen MR) is 120 cm³/mol. The van der Waals surface area contributed by atoms with Crippen molar-refractivity contribution in [1.29, 1.82) is 0 Å². The van der Waals surface area contributed by atoms with Gasteiger partial charge in [-0.2, -0.15) is 0 Å². The number of thioether (sulfide) groups is 1. The van der Waals surface area contributed by atoms with E-state index in [4.69, 9.17) is 0 Å². The second-order valence-electron chi connectivity index (χ2n) is 8.57. The van der Waals surface area contributed by atoms with E-state index < -0.39 is 0 Å². The average molecular weight is 411 g/mol. The van der Waals surface area contributed by atoms with Crippen molar-refractivity contribution in [2.45, 2.75) is 43.9 Å². The molecule has 5 heteroatoms. The van der Waals surface area contributed by atoms with Crippen molar-refractivity contribution in [3.8, 4) is 0 Å². The number of carbonyl (C=O) groups is 2. The van der Waals surface area contributed by atoms with Gasteiger partial charge in [0, 0.05) is 29.6 Å². The Hall–Kier alpha value is -2.27. The first-order chi connectivity index (χ1) is 13.8. The van der Waals surface area contributed by atoms with Crippen LogP contribution in [0.15, 0.2) is 59.5 Å². The van der Waals surface area contributed by atoms with Gasteiger partial charge in [-0.3, -0.25) is 9.59 Å². The molecule has 0 unspecified atom stereocenters. The molecule has 1 saturated heterocycles. The zero-order valence-corrected chi connectivity index (χ0v) is 18.3. The zero-order chi connectivity index (χ0) is 20.9. The van der Waals surface area contributed by atoms with E-state index in [1.165, 1.54) is 5.56 Å². The molecule has 0 spiro atoms. The van der Waals surface area contributed by atoms with Crippen molar-refractivity contribution in [2.24, 2.45) is 5.92 Å². The summed E-state index contributed by atoms with van der Waals surface area (Å²) in [5, 5.41) is 2.97. The first-order valence-corrected chi connectivity index (χ1v) is 11.2. The largest absolute Gasteiger partial charge is 0.342 e. The third-order valence-electron chi connectivity index (χ3n) is 5.34. The van der Waals surface area contributed by atoms with Gasteiger partial charge in [-0.05, 0) is 48.1 Å². The lowest BCUT2D eigenvalue weighted by Crippen LogP contribution is -2.42. The average Bonchev–Trinajstić information content (AvgIpc) is 2.72. The minimum atomic E-state index is -0.0307. The molecule has 2 aromatic rings. The SMILES string of the molecule is CC(C)(C)c1ccc(SCC(=O)N2CCC(C(=O)Nc3ccccc3)CC2)cc1. The maximum absolute atomic E-state index is 12.6. The number of benzene rings is 2. The molecule has 154 valence electrons.